The van der Waals surface area contributed by atoms with Gasteiger partial charge < -0.3 is 0 Å². The molecule has 2 fully saturated rings. The number of hydroxylamine groups is 4. The van der Waals surface area contributed by atoms with E-state index < -0.39 is 8.25 Å². The average molecular weight is 364 g/mol. The number of nitrogens with zero attached hydrogens (tertiary/aromatic N) is 2. The van der Waals surface area contributed by atoms with Crippen molar-refractivity contribution in [2.24, 2.45) is 11.8 Å². The summed E-state index contributed by atoms with van der Waals surface area (Å²) in [6, 6.07) is 0. The Balaban J connectivity index is 1.99. The summed E-state index contributed by atoms with van der Waals surface area (Å²) in [7, 11) is 0.547. The van der Waals surface area contributed by atoms with Gasteiger partial charge >= 0.3 is 8.25 Å². The molecule has 8 heteroatoms. The minimum absolute atomic E-state index is 0.177. The summed E-state index contributed by atoms with van der Waals surface area (Å²) >= 11 is 0. The van der Waals surface area contributed by atoms with Crippen molar-refractivity contribution in [3.8, 4) is 0 Å². The average Bonchev–Trinajstić information content (AvgIpc) is 2.80. The molecule has 0 bridgehead atoms. The molecule has 2 heterocycles. The largest absolute Gasteiger partial charge is 0.322 e. The van der Waals surface area contributed by atoms with Crippen LogP contribution in [0.5, 0.6) is 0 Å². The Morgan fingerprint density at radius 3 is 1.46 bits per heavy atom. The van der Waals surface area contributed by atoms with E-state index in [1.165, 1.54) is 0 Å². The lowest BCUT2D eigenvalue weighted by molar-refractivity contribution is -0.247. The number of hydrogen-bond acceptors (Lipinski definition) is 7. The van der Waals surface area contributed by atoms with Crippen LogP contribution >= 0.6 is 8.25 Å². The Bertz CT molecular complexity index is 433. The maximum Gasteiger partial charge on any atom is 0.322 e. The fraction of sp³-hybridized carbons (Fsp3) is 1.00. The molecule has 24 heavy (non-hydrogen) atoms. The number of hydrogen-bond donors (Lipinski definition) is 0. The van der Waals surface area contributed by atoms with Crippen LogP contribution in [0.3, 0.4) is 0 Å². The van der Waals surface area contributed by atoms with Crippen LogP contribution in [0.4, 0.5) is 0 Å². The maximum absolute atomic E-state index is 12.5. The highest BCUT2D eigenvalue weighted by Crippen LogP contribution is 2.46. The second-order valence-electron chi connectivity index (χ2n) is 7.99. The highest BCUT2D eigenvalue weighted by molar-refractivity contribution is 7.33. The van der Waals surface area contributed by atoms with Crippen LogP contribution in [0, 0.1) is 11.8 Å². The van der Waals surface area contributed by atoms with Crippen LogP contribution in [0.1, 0.15) is 54.4 Å². The lowest BCUT2D eigenvalue weighted by Gasteiger charge is -2.35. The fourth-order valence-electron chi connectivity index (χ4n) is 3.70. The second kappa shape index (κ2) is 7.31. The van der Waals surface area contributed by atoms with Crippen molar-refractivity contribution in [1.29, 1.82) is 0 Å². The molecule has 0 aromatic carbocycles. The third-order valence-electron chi connectivity index (χ3n) is 6.04. The molecule has 0 aromatic rings. The van der Waals surface area contributed by atoms with E-state index >= 15 is 0 Å². The van der Waals surface area contributed by atoms with Crippen LogP contribution in [0.25, 0.3) is 0 Å². The van der Waals surface area contributed by atoms with Gasteiger partial charge in [-0.15, -0.1) is 0 Å². The van der Waals surface area contributed by atoms with Crippen LogP contribution in [-0.4, -0.2) is 47.9 Å². The lowest BCUT2D eigenvalue weighted by Crippen LogP contribution is -2.45. The molecule has 2 aliphatic heterocycles. The molecule has 0 spiro atoms. The molecule has 142 valence electrons. The van der Waals surface area contributed by atoms with Gasteiger partial charge in [-0.2, -0.15) is 10.1 Å². The zero-order valence-corrected chi connectivity index (χ0v) is 17.2. The van der Waals surface area contributed by atoms with Gasteiger partial charge in [0.1, 0.15) is 12.5 Å². The Labute approximate surface area is 146 Å². The topological polar surface area (TPSA) is 60.5 Å². The molecule has 0 aliphatic carbocycles. The second-order valence-corrected chi connectivity index (χ2v) is 8.96. The van der Waals surface area contributed by atoms with Crippen molar-refractivity contribution in [1.82, 2.24) is 10.1 Å². The predicted molar refractivity (Wildman–Crippen MR) is 92.2 cm³/mol. The highest BCUT2D eigenvalue weighted by Gasteiger charge is 2.49. The van der Waals surface area contributed by atoms with Crippen LogP contribution in [0.15, 0.2) is 0 Å². The first-order valence-electron chi connectivity index (χ1n) is 8.59. The Morgan fingerprint density at radius 1 is 0.833 bits per heavy atom. The third kappa shape index (κ3) is 3.58. The van der Waals surface area contributed by atoms with Crippen molar-refractivity contribution in [3.05, 3.63) is 0 Å². The summed E-state index contributed by atoms with van der Waals surface area (Å²) < 4.78 is 23.9. The highest BCUT2D eigenvalue weighted by atomic mass is 31.1. The standard InChI is InChI=1S/C16H33N2O5P/c1-11-9-13(17(20-7)15(11,3)4)22-24(19)23-14-10-12(2)16(5,6)18(14)21-8/h11-14,24H,9-10H2,1-8H3. The van der Waals surface area contributed by atoms with E-state index in [-0.39, 0.29) is 23.5 Å². The Kier molecular flexibility index (Phi) is 6.19. The molecule has 0 N–H and O–H groups in total. The van der Waals surface area contributed by atoms with Gasteiger partial charge in [0.15, 0.2) is 0 Å². The van der Waals surface area contributed by atoms with Gasteiger partial charge in [-0.3, -0.25) is 23.3 Å². The molecule has 4 unspecified atom stereocenters. The van der Waals surface area contributed by atoms with E-state index in [1.54, 1.807) is 24.3 Å². The van der Waals surface area contributed by atoms with E-state index in [1.807, 2.05) is 0 Å². The molecule has 0 saturated carbocycles. The minimum atomic E-state index is -2.68. The summed E-state index contributed by atoms with van der Waals surface area (Å²) in [6.45, 7) is 12.7. The van der Waals surface area contributed by atoms with Crippen molar-refractivity contribution in [2.75, 3.05) is 14.2 Å². The van der Waals surface area contributed by atoms with Crippen molar-refractivity contribution < 1.29 is 23.3 Å². The molecule has 0 amide bonds. The Hall–Kier alpha value is -0.0100. The van der Waals surface area contributed by atoms with E-state index in [0.29, 0.717) is 11.8 Å². The van der Waals surface area contributed by atoms with Crippen LogP contribution < -0.4 is 0 Å². The zero-order valence-electron chi connectivity index (χ0n) is 16.2. The third-order valence-corrected chi connectivity index (χ3v) is 6.97. The summed E-state index contributed by atoms with van der Waals surface area (Å²) in [4.78, 5) is 10.9. The van der Waals surface area contributed by atoms with Crippen LogP contribution in [-0.2, 0) is 23.3 Å². The lowest BCUT2D eigenvalue weighted by atomic mass is 9.91. The molecule has 2 rings (SSSR count). The van der Waals surface area contributed by atoms with Gasteiger partial charge in [0.25, 0.3) is 0 Å². The van der Waals surface area contributed by atoms with Gasteiger partial charge in [0.05, 0.1) is 14.2 Å². The zero-order chi connectivity index (χ0) is 18.3. The molecule has 0 radical (unpaired) electrons. The SMILES string of the molecule is CON1C(O[PH](=O)OC2CC(C)C(C)(C)N2OC)CC(C)C1(C)C. The van der Waals surface area contributed by atoms with Crippen molar-refractivity contribution >= 4 is 8.25 Å². The van der Waals surface area contributed by atoms with Gasteiger partial charge in [0.2, 0.25) is 0 Å². The summed E-state index contributed by atoms with van der Waals surface area (Å²) in [5.74, 6) is 0.719. The number of rotatable bonds is 6. The predicted octanol–water partition coefficient (Wildman–Crippen LogP) is 3.43. The molecular weight excluding hydrogens is 331 g/mol. The van der Waals surface area contributed by atoms with Gasteiger partial charge in [-0.25, -0.2) is 0 Å². The summed E-state index contributed by atoms with van der Waals surface area (Å²) in [6.07, 6.45) is 0.769. The first-order valence-corrected chi connectivity index (χ1v) is 9.82. The van der Waals surface area contributed by atoms with Gasteiger partial charge in [-0.1, -0.05) is 13.8 Å². The molecule has 2 saturated heterocycles. The van der Waals surface area contributed by atoms with E-state index in [9.17, 15) is 4.57 Å². The van der Waals surface area contributed by atoms with Crippen molar-refractivity contribution in [2.45, 2.75) is 77.9 Å². The maximum atomic E-state index is 12.5. The monoisotopic (exact) mass is 364 g/mol. The van der Waals surface area contributed by atoms with Crippen molar-refractivity contribution in [3.63, 3.8) is 0 Å². The summed E-state index contributed by atoms with van der Waals surface area (Å²) in [5, 5.41) is 3.55. The fourth-order valence-corrected chi connectivity index (χ4v) is 4.58. The Morgan fingerprint density at radius 2 is 1.17 bits per heavy atom. The molecule has 4 atom stereocenters. The smallest absolute Gasteiger partial charge is 0.299 e. The van der Waals surface area contributed by atoms with Gasteiger partial charge in [0, 0.05) is 11.1 Å². The minimum Gasteiger partial charge on any atom is -0.299 e. The molecule has 7 nitrogen and oxygen atoms in total. The van der Waals surface area contributed by atoms with Crippen LogP contribution in [0.2, 0.25) is 0 Å². The van der Waals surface area contributed by atoms with E-state index in [0.717, 1.165) is 12.8 Å². The van der Waals surface area contributed by atoms with E-state index in [2.05, 4.69) is 41.5 Å². The first kappa shape index (κ1) is 20.3. The summed E-state index contributed by atoms with van der Waals surface area (Å²) in [5.41, 5.74) is -0.353. The van der Waals surface area contributed by atoms with Gasteiger partial charge in [-0.05, 0) is 52.4 Å². The van der Waals surface area contributed by atoms with E-state index in [4.69, 9.17) is 18.7 Å². The normalized spacial score (nSPS) is 37.8. The molecule has 0 aromatic heterocycles. The quantitative estimate of drug-likeness (QED) is 0.669. The molecular formula is C16H33N2O5P. The molecule has 2 aliphatic rings. The first-order chi connectivity index (χ1) is 11.1.